The SMILES string of the molecule is Cc1ccc2c(c1)C[C@H]([C@H](NC(=O)OCC1c3ccccc3-c3ccccc31)C(=O)O)C2. The normalized spacial score (nSPS) is 17.2. The van der Waals surface area contributed by atoms with Gasteiger partial charge in [0.15, 0.2) is 0 Å². The van der Waals surface area contributed by atoms with Crippen LogP contribution in [0.5, 0.6) is 0 Å². The van der Waals surface area contributed by atoms with Crippen LogP contribution in [-0.4, -0.2) is 29.8 Å². The number of aryl methyl sites for hydroxylation is 1. The lowest BCUT2D eigenvalue weighted by atomic mass is 9.96. The van der Waals surface area contributed by atoms with Crippen molar-refractivity contribution in [3.63, 3.8) is 0 Å². The third kappa shape index (κ3) is 3.64. The molecule has 5 heteroatoms. The van der Waals surface area contributed by atoms with Gasteiger partial charge in [-0.2, -0.15) is 0 Å². The largest absolute Gasteiger partial charge is 0.480 e. The van der Waals surface area contributed by atoms with Crippen molar-refractivity contribution in [1.29, 1.82) is 0 Å². The minimum Gasteiger partial charge on any atom is -0.480 e. The summed E-state index contributed by atoms with van der Waals surface area (Å²) in [6.07, 6.45) is 0.583. The van der Waals surface area contributed by atoms with Crippen molar-refractivity contribution in [3.8, 4) is 11.1 Å². The van der Waals surface area contributed by atoms with Crippen molar-refractivity contribution in [2.24, 2.45) is 5.92 Å². The molecule has 2 atom stereocenters. The van der Waals surface area contributed by atoms with E-state index in [0.717, 1.165) is 38.9 Å². The lowest BCUT2D eigenvalue weighted by molar-refractivity contribution is -0.140. The van der Waals surface area contributed by atoms with Gasteiger partial charge in [-0.05, 0) is 59.1 Å². The van der Waals surface area contributed by atoms with Crippen LogP contribution in [0.15, 0.2) is 66.7 Å². The Bertz CT molecular complexity index is 1160. The second-order valence-corrected chi connectivity index (χ2v) is 8.73. The van der Waals surface area contributed by atoms with Crippen LogP contribution in [0.1, 0.15) is 33.7 Å². The van der Waals surface area contributed by atoms with Crippen molar-refractivity contribution < 1.29 is 19.4 Å². The first-order valence-corrected chi connectivity index (χ1v) is 10.9. The number of carbonyl (C=O) groups excluding carboxylic acids is 1. The molecule has 0 heterocycles. The molecular formula is C27H25NO4. The Hall–Kier alpha value is -3.60. The van der Waals surface area contributed by atoms with E-state index in [0.29, 0.717) is 12.8 Å². The number of carbonyl (C=O) groups is 2. The van der Waals surface area contributed by atoms with E-state index >= 15 is 0 Å². The molecular weight excluding hydrogens is 402 g/mol. The summed E-state index contributed by atoms with van der Waals surface area (Å²) in [6, 6.07) is 21.4. The number of aliphatic carboxylic acids is 1. The zero-order valence-corrected chi connectivity index (χ0v) is 17.9. The van der Waals surface area contributed by atoms with Crippen LogP contribution >= 0.6 is 0 Å². The highest BCUT2D eigenvalue weighted by Crippen LogP contribution is 2.44. The number of hydrogen-bond acceptors (Lipinski definition) is 3. The molecule has 3 aromatic carbocycles. The van der Waals surface area contributed by atoms with Gasteiger partial charge in [0.1, 0.15) is 12.6 Å². The highest BCUT2D eigenvalue weighted by atomic mass is 16.5. The fraction of sp³-hybridized carbons (Fsp3) is 0.259. The molecule has 32 heavy (non-hydrogen) atoms. The van der Waals surface area contributed by atoms with E-state index in [4.69, 9.17) is 4.74 Å². The fourth-order valence-electron chi connectivity index (χ4n) is 5.16. The van der Waals surface area contributed by atoms with Crippen molar-refractivity contribution in [2.45, 2.75) is 31.7 Å². The predicted molar refractivity (Wildman–Crippen MR) is 122 cm³/mol. The summed E-state index contributed by atoms with van der Waals surface area (Å²) in [5.41, 5.74) is 8.02. The van der Waals surface area contributed by atoms with Gasteiger partial charge in [0.25, 0.3) is 0 Å². The minimum atomic E-state index is -1.03. The van der Waals surface area contributed by atoms with Crippen LogP contribution < -0.4 is 5.32 Å². The number of fused-ring (bicyclic) bond motifs is 4. The van der Waals surface area contributed by atoms with Crippen LogP contribution in [0.25, 0.3) is 11.1 Å². The molecule has 0 saturated heterocycles. The number of benzene rings is 3. The molecule has 0 aromatic heterocycles. The van der Waals surface area contributed by atoms with Gasteiger partial charge in [-0.25, -0.2) is 9.59 Å². The fourth-order valence-corrected chi connectivity index (χ4v) is 5.16. The third-order valence-corrected chi connectivity index (χ3v) is 6.68. The molecule has 5 rings (SSSR count). The van der Waals surface area contributed by atoms with Crippen LogP contribution in [-0.2, 0) is 22.4 Å². The minimum absolute atomic E-state index is 0.0601. The first-order chi connectivity index (χ1) is 15.5. The van der Waals surface area contributed by atoms with E-state index in [2.05, 4.69) is 41.7 Å². The van der Waals surface area contributed by atoms with E-state index in [1.807, 2.05) is 37.3 Å². The lowest BCUT2D eigenvalue weighted by Crippen LogP contribution is -2.46. The van der Waals surface area contributed by atoms with Crippen molar-refractivity contribution >= 4 is 12.1 Å². The van der Waals surface area contributed by atoms with Gasteiger partial charge < -0.3 is 15.2 Å². The number of hydrogen-bond donors (Lipinski definition) is 2. The summed E-state index contributed by atoms with van der Waals surface area (Å²) in [5.74, 6) is -1.28. The Morgan fingerprint density at radius 1 is 0.969 bits per heavy atom. The van der Waals surface area contributed by atoms with Gasteiger partial charge >= 0.3 is 12.1 Å². The number of alkyl carbamates (subject to hydrolysis) is 1. The van der Waals surface area contributed by atoms with Gasteiger partial charge in [0.2, 0.25) is 0 Å². The lowest BCUT2D eigenvalue weighted by Gasteiger charge is -2.21. The Kier molecular flexibility index (Phi) is 5.17. The molecule has 0 unspecified atom stereocenters. The van der Waals surface area contributed by atoms with Crippen molar-refractivity contribution in [1.82, 2.24) is 5.32 Å². The van der Waals surface area contributed by atoms with Gasteiger partial charge in [-0.1, -0.05) is 72.3 Å². The second kappa shape index (κ2) is 8.15. The van der Waals surface area contributed by atoms with Crippen molar-refractivity contribution in [2.75, 3.05) is 6.61 Å². The maximum absolute atomic E-state index is 12.6. The molecule has 162 valence electrons. The van der Waals surface area contributed by atoms with Gasteiger partial charge in [-0.3, -0.25) is 0 Å². The topological polar surface area (TPSA) is 75.6 Å². The first-order valence-electron chi connectivity index (χ1n) is 10.9. The zero-order valence-electron chi connectivity index (χ0n) is 17.9. The summed E-state index contributed by atoms with van der Waals surface area (Å²) in [6.45, 7) is 2.19. The second-order valence-electron chi connectivity index (χ2n) is 8.73. The average molecular weight is 428 g/mol. The zero-order chi connectivity index (χ0) is 22.2. The maximum Gasteiger partial charge on any atom is 0.407 e. The number of carboxylic acid groups (broad SMARTS) is 1. The Morgan fingerprint density at radius 2 is 1.59 bits per heavy atom. The molecule has 0 spiro atoms. The molecule has 5 nitrogen and oxygen atoms in total. The quantitative estimate of drug-likeness (QED) is 0.619. The van der Waals surface area contributed by atoms with Crippen LogP contribution in [0, 0.1) is 12.8 Å². The van der Waals surface area contributed by atoms with E-state index in [9.17, 15) is 14.7 Å². The van der Waals surface area contributed by atoms with Gasteiger partial charge in [0, 0.05) is 5.92 Å². The third-order valence-electron chi connectivity index (χ3n) is 6.68. The first kappa shape index (κ1) is 20.3. The average Bonchev–Trinajstić information content (AvgIpc) is 3.34. The van der Waals surface area contributed by atoms with E-state index in [1.54, 1.807) is 0 Å². The Morgan fingerprint density at radius 3 is 2.25 bits per heavy atom. The molecule has 1 amide bonds. The molecule has 0 bridgehead atoms. The number of nitrogens with one attached hydrogen (secondary N) is 1. The molecule has 0 fully saturated rings. The maximum atomic E-state index is 12.6. The summed E-state index contributed by atoms with van der Waals surface area (Å²) >= 11 is 0. The van der Waals surface area contributed by atoms with Crippen LogP contribution in [0.4, 0.5) is 4.79 Å². The monoisotopic (exact) mass is 427 g/mol. The number of ether oxygens (including phenoxy) is 1. The number of amides is 1. The number of carboxylic acids is 1. The Labute approximate surface area is 187 Å². The van der Waals surface area contributed by atoms with E-state index < -0.39 is 18.1 Å². The summed E-state index contributed by atoms with van der Waals surface area (Å²) in [4.78, 5) is 24.6. The smallest absolute Gasteiger partial charge is 0.407 e. The molecule has 2 aliphatic carbocycles. The number of rotatable bonds is 5. The molecule has 0 aliphatic heterocycles. The molecule has 0 radical (unpaired) electrons. The highest BCUT2D eigenvalue weighted by molar-refractivity contribution is 5.81. The Balaban J connectivity index is 1.27. The molecule has 3 aromatic rings. The summed E-state index contributed by atoms with van der Waals surface area (Å²) in [5, 5.41) is 12.4. The molecule has 2 aliphatic rings. The molecule has 0 saturated carbocycles. The van der Waals surface area contributed by atoms with Crippen LogP contribution in [0.3, 0.4) is 0 Å². The molecule has 2 N–H and O–H groups in total. The summed E-state index contributed by atoms with van der Waals surface area (Å²) < 4.78 is 5.56. The summed E-state index contributed by atoms with van der Waals surface area (Å²) in [7, 11) is 0. The van der Waals surface area contributed by atoms with E-state index in [-0.39, 0.29) is 18.4 Å². The van der Waals surface area contributed by atoms with E-state index in [1.165, 1.54) is 0 Å². The predicted octanol–water partition coefficient (Wildman–Crippen LogP) is 4.70. The standard InChI is InChI=1S/C27H25NO4/c1-16-10-11-17-13-19(14-18(17)12-16)25(26(29)30)28-27(31)32-15-24-22-8-4-2-6-20(22)21-7-3-5-9-23(21)24/h2-12,19,24-25H,13-15H2,1H3,(H,28,31)(H,29,30)/t19-,25+/m1/s1. The van der Waals surface area contributed by atoms with Gasteiger partial charge in [-0.15, -0.1) is 0 Å². The van der Waals surface area contributed by atoms with Gasteiger partial charge in [0.05, 0.1) is 0 Å². The van der Waals surface area contributed by atoms with Crippen molar-refractivity contribution in [3.05, 3.63) is 94.5 Å². The van der Waals surface area contributed by atoms with Crippen LogP contribution in [0.2, 0.25) is 0 Å². The highest BCUT2D eigenvalue weighted by Gasteiger charge is 2.35.